The maximum absolute atomic E-state index is 11.5. The van der Waals surface area contributed by atoms with E-state index < -0.39 is 6.09 Å². The quantitative estimate of drug-likeness (QED) is 0.880. The van der Waals surface area contributed by atoms with Crippen LogP contribution in [-0.2, 0) is 11.3 Å². The van der Waals surface area contributed by atoms with Gasteiger partial charge >= 0.3 is 6.09 Å². The van der Waals surface area contributed by atoms with Crippen molar-refractivity contribution in [1.82, 2.24) is 10.3 Å². The van der Waals surface area contributed by atoms with Gasteiger partial charge in [0.15, 0.2) is 0 Å². The zero-order chi connectivity index (χ0) is 15.6. The Labute approximate surface area is 128 Å². The number of pyridine rings is 1. The van der Waals surface area contributed by atoms with Crippen molar-refractivity contribution in [2.75, 3.05) is 6.54 Å². The highest BCUT2D eigenvalue weighted by Gasteiger charge is 2.00. The number of nitrogens with zero attached hydrogens (tertiary/aromatic N) is 2. The molecule has 0 bridgehead atoms. The van der Waals surface area contributed by atoms with Crippen LogP contribution in [0.5, 0.6) is 0 Å². The Morgan fingerprint density at radius 3 is 2.73 bits per heavy atom. The van der Waals surface area contributed by atoms with Crippen LogP contribution in [0.15, 0.2) is 48.7 Å². The fourth-order valence-electron chi connectivity index (χ4n) is 1.56. The number of nitrogens with one attached hydrogen (secondary N) is 1. The molecule has 1 aromatic heterocycles. The lowest BCUT2D eigenvalue weighted by atomic mass is 10.2. The van der Waals surface area contributed by atoms with Crippen LogP contribution >= 0.6 is 0 Å². The van der Waals surface area contributed by atoms with Crippen molar-refractivity contribution in [3.05, 3.63) is 65.5 Å². The standard InChI is InChI=1S/C17H13N3O2/c18-11-15-8-9-16(20-12-15)7-4-10-19-17(21)22-13-14-5-2-1-3-6-14/h1-3,5-6,8-9,12H,10,13H2,(H,19,21). The summed E-state index contributed by atoms with van der Waals surface area (Å²) in [5, 5.41) is 11.2. The van der Waals surface area contributed by atoms with E-state index in [1.165, 1.54) is 6.20 Å². The Kier molecular flexibility index (Phi) is 5.54. The molecule has 0 fully saturated rings. The Morgan fingerprint density at radius 2 is 2.05 bits per heavy atom. The van der Waals surface area contributed by atoms with Crippen LogP contribution in [0.1, 0.15) is 16.8 Å². The number of amides is 1. The summed E-state index contributed by atoms with van der Waals surface area (Å²) in [6.07, 6.45) is 0.928. The number of aromatic nitrogens is 1. The number of ether oxygens (including phenoxy) is 1. The van der Waals surface area contributed by atoms with Crippen LogP contribution in [0.25, 0.3) is 0 Å². The number of carbonyl (C=O) groups is 1. The van der Waals surface area contributed by atoms with Crippen molar-refractivity contribution in [1.29, 1.82) is 5.26 Å². The lowest BCUT2D eigenvalue weighted by molar-refractivity contribution is 0.141. The summed E-state index contributed by atoms with van der Waals surface area (Å²) in [7, 11) is 0. The SMILES string of the molecule is N#Cc1ccc(C#CCNC(=O)OCc2ccccc2)nc1. The van der Waals surface area contributed by atoms with E-state index in [1.807, 2.05) is 36.4 Å². The van der Waals surface area contributed by atoms with Crippen molar-refractivity contribution in [2.45, 2.75) is 6.61 Å². The maximum atomic E-state index is 11.5. The Bertz CT molecular complexity index is 722. The van der Waals surface area contributed by atoms with Crippen LogP contribution in [0.2, 0.25) is 0 Å². The van der Waals surface area contributed by atoms with Gasteiger partial charge in [-0.15, -0.1) is 0 Å². The average molecular weight is 291 g/mol. The summed E-state index contributed by atoms with van der Waals surface area (Å²) in [4.78, 5) is 15.5. The predicted molar refractivity (Wildman–Crippen MR) is 80.5 cm³/mol. The van der Waals surface area contributed by atoms with Gasteiger partial charge in [0.25, 0.3) is 0 Å². The van der Waals surface area contributed by atoms with Gasteiger partial charge in [0, 0.05) is 6.20 Å². The van der Waals surface area contributed by atoms with Gasteiger partial charge < -0.3 is 10.1 Å². The molecule has 1 amide bonds. The molecule has 22 heavy (non-hydrogen) atoms. The highest BCUT2D eigenvalue weighted by atomic mass is 16.5. The van der Waals surface area contributed by atoms with Crippen molar-refractivity contribution < 1.29 is 9.53 Å². The zero-order valence-electron chi connectivity index (χ0n) is 11.7. The second-order valence-corrected chi connectivity index (χ2v) is 4.26. The lowest BCUT2D eigenvalue weighted by Crippen LogP contribution is -2.24. The van der Waals surface area contributed by atoms with Crippen LogP contribution < -0.4 is 5.32 Å². The molecule has 0 saturated carbocycles. The lowest BCUT2D eigenvalue weighted by Gasteiger charge is -2.04. The molecular weight excluding hydrogens is 278 g/mol. The van der Waals surface area contributed by atoms with Gasteiger partial charge in [0.1, 0.15) is 18.4 Å². The predicted octanol–water partition coefficient (Wildman–Crippen LogP) is 2.23. The highest BCUT2D eigenvalue weighted by Crippen LogP contribution is 2.00. The fraction of sp³-hybridized carbons (Fsp3) is 0.118. The highest BCUT2D eigenvalue weighted by molar-refractivity contribution is 5.67. The monoisotopic (exact) mass is 291 g/mol. The minimum absolute atomic E-state index is 0.162. The molecular formula is C17H13N3O2. The Hall–Kier alpha value is -3.31. The molecule has 0 saturated heterocycles. The minimum Gasteiger partial charge on any atom is -0.445 e. The van der Waals surface area contributed by atoms with Gasteiger partial charge in [-0.05, 0) is 23.6 Å². The van der Waals surface area contributed by atoms with E-state index in [0.717, 1.165) is 5.56 Å². The molecule has 2 rings (SSSR count). The molecule has 108 valence electrons. The summed E-state index contributed by atoms with van der Waals surface area (Å²) in [6, 6.07) is 14.7. The largest absolute Gasteiger partial charge is 0.445 e. The number of benzene rings is 1. The Morgan fingerprint density at radius 1 is 1.23 bits per heavy atom. The molecule has 0 aliphatic heterocycles. The summed E-state index contributed by atoms with van der Waals surface area (Å²) in [6.45, 7) is 0.382. The number of rotatable bonds is 3. The Balaban J connectivity index is 1.73. The molecule has 5 heteroatoms. The first kappa shape index (κ1) is 15.1. The van der Waals surface area contributed by atoms with Crippen molar-refractivity contribution >= 4 is 6.09 Å². The van der Waals surface area contributed by atoms with Crippen LogP contribution in [0, 0.1) is 23.2 Å². The molecule has 0 atom stereocenters. The van der Waals surface area contributed by atoms with E-state index in [0.29, 0.717) is 11.3 Å². The molecule has 0 unspecified atom stereocenters. The summed E-state index contributed by atoms with van der Waals surface area (Å²) < 4.78 is 5.04. The first-order valence-electron chi connectivity index (χ1n) is 6.57. The molecule has 0 radical (unpaired) electrons. The second-order valence-electron chi connectivity index (χ2n) is 4.26. The fourth-order valence-corrected chi connectivity index (χ4v) is 1.56. The van der Waals surface area contributed by atoms with Crippen molar-refractivity contribution in [3.63, 3.8) is 0 Å². The van der Waals surface area contributed by atoms with E-state index in [-0.39, 0.29) is 13.2 Å². The smallest absolute Gasteiger partial charge is 0.408 e. The number of hydrogen-bond donors (Lipinski definition) is 1. The van der Waals surface area contributed by atoms with Gasteiger partial charge in [-0.25, -0.2) is 9.78 Å². The first-order valence-corrected chi connectivity index (χ1v) is 6.57. The second kappa shape index (κ2) is 8.08. The van der Waals surface area contributed by atoms with Gasteiger partial charge in [-0.2, -0.15) is 5.26 Å². The third kappa shape index (κ3) is 4.99. The minimum atomic E-state index is -0.522. The number of nitriles is 1. The summed E-state index contributed by atoms with van der Waals surface area (Å²) in [5.41, 5.74) is 1.94. The van der Waals surface area contributed by atoms with E-state index in [2.05, 4.69) is 22.1 Å². The molecule has 1 N–H and O–H groups in total. The molecule has 1 aromatic carbocycles. The molecule has 5 nitrogen and oxygen atoms in total. The third-order valence-corrected chi connectivity index (χ3v) is 2.64. The number of alkyl carbamates (subject to hydrolysis) is 1. The van der Waals surface area contributed by atoms with Gasteiger partial charge in [0.05, 0.1) is 12.1 Å². The molecule has 0 spiro atoms. The third-order valence-electron chi connectivity index (χ3n) is 2.64. The van der Waals surface area contributed by atoms with Gasteiger partial charge in [-0.3, -0.25) is 0 Å². The van der Waals surface area contributed by atoms with E-state index >= 15 is 0 Å². The maximum Gasteiger partial charge on any atom is 0.408 e. The normalized spacial score (nSPS) is 9.05. The molecule has 0 aliphatic rings. The van der Waals surface area contributed by atoms with Gasteiger partial charge in [-0.1, -0.05) is 36.3 Å². The van der Waals surface area contributed by atoms with E-state index in [9.17, 15) is 4.79 Å². The molecule has 2 aromatic rings. The molecule has 0 aliphatic carbocycles. The number of hydrogen-bond acceptors (Lipinski definition) is 4. The van der Waals surface area contributed by atoms with E-state index in [4.69, 9.17) is 10.00 Å². The van der Waals surface area contributed by atoms with E-state index in [1.54, 1.807) is 12.1 Å². The van der Waals surface area contributed by atoms with Gasteiger partial charge in [0.2, 0.25) is 0 Å². The molecule has 1 heterocycles. The summed E-state index contributed by atoms with van der Waals surface area (Å²) >= 11 is 0. The number of carbonyl (C=O) groups excluding carboxylic acids is 1. The van der Waals surface area contributed by atoms with Crippen molar-refractivity contribution in [2.24, 2.45) is 0 Å². The first-order chi connectivity index (χ1) is 10.8. The average Bonchev–Trinajstić information content (AvgIpc) is 2.58. The summed E-state index contributed by atoms with van der Waals surface area (Å²) in [5.74, 6) is 5.55. The van der Waals surface area contributed by atoms with Crippen LogP contribution in [0.3, 0.4) is 0 Å². The zero-order valence-corrected chi connectivity index (χ0v) is 11.7. The topological polar surface area (TPSA) is 75.0 Å². The van der Waals surface area contributed by atoms with Crippen LogP contribution in [-0.4, -0.2) is 17.6 Å². The van der Waals surface area contributed by atoms with Crippen LogP contribution in [0.4, 0.5) is 4.79 Å². The van der Waals surface area contributed by atoms with Crippen molar-refractivity contribution in [3.8, 4) is 17.9 Å².